The van der Waals surface area contributed by atoms with Crippen molar-refractivity contribution in [2.45, 2.75) is 57.6 Å². The number of ether oxygens (including phenoxy) is 2. The number of amides is 1. The highest BCUT2D eigenvalue weighted by molar-refractivity contribution is 5.93. The zero-order chi connectivity index (χ0) is 22.3. The molecular weight excluding hydrogens is 404 g/mol. The Kier molecular flexibility index (Phi) is 5.59. The molecule has 2 aliphatic heterocycles. The minimum absolute atomic E-state index is 0.0241. The summed E-state index contributed by atoms with van der Waals surface area (Å²) in [5, 5.41) is 14.6. The molecule has 32 heavy (non-hydrogen) atoms. The second kappa shape index (κ2) is 8.41. The Hall–Kier alpha value is -2.57. The number of carbonyl (C=O) groups excluding carboxylic acids is 1. The maximum atomic E-state index is 13.1. The van der Waals surface area contributed by atoms with Crippen molar-refractivity contribution in [1.82, 2.24) is 4.90 Å². The van der Waals surface area contributed by atoms with E-state index in [1.807, 2.05) is 38.1 Å². The van der Waals surface area contributed by atoms with Crippen molar-refractivity contribution in [3.8, 4) is 11.5 Å². The Balaban J connectivity index is 1.41. The fourth-order valence-electron chi connectivity index (χ4n) is 5.79. The standard InChI is InChI=1S/C26H32N2O4/c1-17-6-8-21(18(2)13-17)27-24(29)15-28-12-11-26(30)10-4-3-5-20(26)25(28)19-7-9-22-23(14-19)32-16-31-22/h6-9,13-14,20,25,30H,3-5,10-12,15-16H2,1-2H3,(H,27,29)/t20-,25+,26+/m1/s1. The van der Waals surface area contributed by atoms with Gasteiger partial charge in [-0.15, -0.1) is 0 Å². The van der Waals surface area contributed by atoms with E-state index in [0.717, 1.165) is 54.0 Å². The number of rotatable bonds is 4. The van der Waals surface area contributed by atoms with E-state index in [9.17, 15) is 9.90 Å². The molecule has 1 aliphatic carbocycles. The monoisotopic (exact) mass is 436 g/mol. The van der Waals surface area contributed by atoms with Gasteiger partial charge in [-0.3, -0.25) is 9.69 Å². The van der Waals surface area contributed by atoms with Gasteiger partial charge in [-0.1, -0.05) is 36.6 Å². The first-order valence-corrected chi connectivity index (χ1v) is 11.7. The van der Waals surface area contributed by atoms with Gasteiger partial charge in [0, 0.05) is 24.2 Å². The van der Waals surface area contributed by atoms with Crippen LogP contribution < -0.4 is 14.8 Å². The molecule has 170 valence electrons. The molecule has 0 spiro atoms. The van der Waals surface area contributed by atoms with Crippen molar-refractivity contribution >= 4 is 11.6 Å². The number of fused-ring (bicyclic) bond motifs is 2. The number of likely N-dealkylation sites (tertiary alicyclic amines) is 1. The Morgan fingerprint density at radius 3 is 2.81 bits per heavy atom. The lowest BCUT2D eigenvalue weighted by molar-refractivity contribution is -0.135. The van der Waals surface area contributed by atoms with Crippen LogP contribution in [-0.4, -0.2) is 41.4 Å². The van der Waals surface area contributed by atoms with E-state index in [1.54, 1.807) is 0 Å². The maximum Gasteiger partial charge on any atom is 0.238 e. The van der Waals surface area contributed by atoms with Crippen LogP contribution >= 0.6 is 0 Å². The van der Waals surface area contributed by atoms with Crippen LogP contribution in [0.5, 0.6) is 11.5 Å². The molecule has 1 amide bonds. The van der Waals surface area contributed by atoms with E-state index < -0.39 is 5.60 Å². The van der Waals surface area contributed by atoms with Gasteiger partial charge in [0.05, 0.1) is 12.1 Å². The molecular formula is C26H32N2O4. The summed E-state index contributed by atoms with van der Waals surface area (Å²) in [4.78, 5) is 15.3. The molecule has 5 rings (SSSR count). The molecule has 0 radical (unpaired) electrons. The summed E-state index contributed by atoms with van der Waals surface area (Å²) in [6.45, 7) is 5.28. The third kappa shape index (κ3) is 3.97. The maximum absolute atomic E-state index is 13.1. The van der Waals surface area contributed by atoms with E-state index in [-0.39, 0.29) is 24.7 Å². The summed E-state index contributed by atoms with van der Waals surface area (Å²) in [6.07, 6.45) is 4.67. The summed E-state index contributed by atoms with van der Waals surface area (Å²) in [5.41, 5.74) is 3.51. The number of nitrogens with zero attached hydrogens (tertiary/aromatic N) is 1. The SMILES string of the molecule is Cc1ccc(NC(=O)CN2CC[C@@]3(O)CCCC[C@@H]3[C@@H]2c2ccc3c(c2)OCO3)c(C)c1. The highest BCUT2D eigenvalue weighted by Gasteiger charge is 2.49. The Morgan fingerprint density at radius 1 is 1.12 bits per heavy atom. The van der Waals surface area contributed by atoms with Crippen LogP contribution in [0.1, 0.15) is 54.8 Å². The summed E-state index contributed by atoms with van der Waals surface area (Å²) in [7, 11) is 0. The number of aryl methyl sites for hydroxylation is 2. The van der Waals surface area contributed by atoms with Crippen LogP contribution in [0.3, 0.4) is 0 Å². The molecule has 2 aromatic rings. The third-order valence-electron chi connectivity index (χ3n) is 7.41. The van der Waals surface area contributed by atoms with Crippen molar-refractivity contribution in [2.75, 3.05) is 25.2 Å². The van der Waals surface area contributed by atoms with Crippen molar-refractivity contribution in [3.63, 3.8) is 0 Å². The number of carbonyl (C=O) groups is 1. The van der Waals surface area contributed by atoms with E-state index in [1.165, 1.54) is 5.56 Å². The van der Waals surface area contributed by atoms with Gasteiger partial charge < -0.3 is 19.9 Å². The van der Waals surface area contributed by atoms with Gasteiger partial charge in [0.1, 0.15) is 0 Å². The number of hydrogen-bond donors (Lipinski definition) is 2. The van der Waals surface area contributed by atoms with Gasteiger partial charge in [0.25, 0.3) is 0 Å². The van der Waals surface area contributed by atoms with Crippen LogP contribution in [0.25, 0.3) is 0 Å². The van der Waals surface area contributed by atoms with Crippen molar-refractivity contribution in [1.29, 1.82) is 0 Å². The van der Waals surface area contributed by atoms with Crippen LogP contribution in [0.15, 0.2) is 36.4 Å². The highest BCUT2D eigenvalue weighted by atomic mass is 16.7. The van der Waals surface area contributed by atoms with Gasteiger partial charge >= 0.3 is 0 Å². The number of hydrogen-bond acceptors (Lipinski definition) is 5. The molecule has 1 saturated heterocycles. The number of anilines is 1. The van der Waals surface area contributed by atoms with Crippen molar-refractivity contribution in [2.24, 2.45) is 5.92 Å². The summed E-state index contributed by atoms with van der Waals surface area (Å²) >= 11 is 0. The number of benzene rings is 2. The summed E-state index contributed by atoms with van der Waals surface area (Å²) in [5.74, 6) is 1.57. The molecule has 6 heteroatoms. The first kappa shape index (κ1) is 21.3. The first-order valence-electron chi connectivity index (χ1n) is 11.7. The number of piperidine rings is 1. The molecule has 2 aromatic carbocycles. The molecule has 3 aliphatic rings. The third-order valence-corrected chi connectivity index (χ3v) is 7.41. The highest BCUT2D eigenvalue weighted by Crippen LogP contribution is 2.50. The van der Waals surface area contributed by atoms with Crippen molar-refractivity contribution in [3.05, 3.63) is 53.1 Å². The van der Waals surface area contributed by atoms with Gasteiger partial charge in [-0.25, -0.2) is 0 Å². The fourth-order valence-corrected chi connectivity index (χ4v) is 5.79. The van der Waals surface area contributed by atoms with Gasteiger partial charge in [-0.2, -0.15) is 0 Å². The average Bonchev–Trinajstić information content (AvgIpc) is 3.23. The largest absolute Gasteiger partial charge is 0.454 e. The Bertz CT molecular complexity index is 1020. The first-order chi connectivity index (χ1) is 15.4. The minimum atomic E-state index is -0.667. The summed E-state index contributed by atoms with van der Waals surface area (Å²) < 4.78 is 11.1. The molecule has 2 heterocycles. The molecule has 0 bridgehead atoms. The molecule has 0 aromatic heterocycles. The smallest absolute Gasteiger partial charge is 0.238 e. The van der Waals surface area contributed by atoms with Crippen LogP contribution in [-0.2, 0) is 4.79 Å². The lowest BCUT2D eigenvalue weighted by Crippen LogP contribution is -2.56. The van der Waals surface area contributed by atoms with E-state index in [4.69, 9.17) is 9.47 Å². The van der Waals surface area contributed by atoms with Crippen LogP contribution in [0, 0.1) is 19.8 Å². The van der Waals surface area contributed by atoms with E-state index >= 15 is 0 Å². The molecule has 0 unspecified atom stereocenters. The van der Waals surface area contributed by atoms with Crippen molar-refractivity contribution < 1.29 is 19.4 Å². The van der Waals surface area contributed by atoms with Gasteiger partial charge in [-0.05, 0) is 62.4 Å². The topological polar surface area (TPSA) is 71.0 Å². The summed E-state index contributed by atoms with van der Waals surface area (Å²) in [6, 6.07) is 12.1. The Labute approximate surface area is 189 Å². The molecule has 2 N–H and O–H groups in total. The lowest BCUT2D eigenvalue weighted by Gasteiger charge is -2.52. The zero-order valence-corrected chi connectivity index (χ0v) is 18.9. The lowest BCUT2D eigenvalue weighted by atomic mass is 9.66. The van der Waals surface area contributed by atoms with Crippen LogP contribution in [0.2, 0.25) is 0 Å². The molecule has 1 saturated carbocycles. The minimum Gasteiger partial charge on any atom is -0.454 e. The fraction of sp³-hybridized carbons (Fsp3) is 0.500. The molecule has 2 fully saturated rings. The normalized spacial score (nSPS) is 27.1. The predicted molar refractivity (Wildman–Crippen MR) is 123 cm³/mol. The predicted octanol–water partition coefficient (Wildman–Crippen LogP) is 4.34. The molecule has 6 nitrogen and oxygen atoms in total. The second-order valence-corrected chi connectivity index (χ2v) is 9.60. The Morgan fingerprint density at radius 2 is 1.97 bits per heavy atom. The average molecular weight is 437 g/mol. The quantitative estimate of drug-likeness (QED) is 0.746. The van der Waals surface area contributed by atoms with Gasteiger partial charge in [0.15, 0.2) is 11.5 Å². The zero-order valence-electron chi connectivity index (χ0n) is 18.9. The van der Waals surface area contributed by atoms with Gasteiger partial charge in [0.2, 0.25) is 12.7 Å². The van der Waals surface area contributed by atoms with Crippen LogP contribution in [0.4, 0.5) is 5.69 Å². The number of nitrogens with one attached hydrogen (secondary N) is 1. The number of aliphatic hydroxyl groups is 1. The molecule has 3 atom stereocenters. The van der Waals surface area contributed by atoms with E-state index in [2.05, 4.69) is 22.3 Å². The van der Waals surface area contributed by atoms with E-state index in [0.29, 0.717) is 19.5 Å². The second-order valence-electron chi connectivity index (χ2n) is 9.60.